The van der Waals surface area contributed by atoms with Gasteiger partial charge in [-0.05, 0) is 34.7 Å². The molecule has 46 heavy (non-hydrogen) atoms. The SMILES string of the molecule is CC(C)c1cc2c(-c3cccc4ccccc34)cccc2[cH-]1.Cc1ccc(-c2ccc(C)c3[cH-]c(C)cc23)cc1.Cl.Cl.[CH3-].[CH3-].[Si]=[Zr]. The van der Waals surface area contributed by atoms with E-state index in [1.807, 2.05) is 0 Å². The summed E-state index contributed by atoms with van der Waals surface area (Å²) in [6.45, 7) is 14.0. The van der Waals surface area contributed by atoms with E-state index in [1.54, 1.807) is 0 Å². The van der Waals surface area contributed by atoms with Crippen LogP contribution in [-0.2, 0) is 23.3 Å². The fourth-order valence-corrected chi connectivity index (χ4v) is 5.86. The zero-order valence-corrected chi connectivity index (χ0v) is 33.0. The molecule has 0 saturated carbocycles. The van der Waals surface area contributed by atoms with Crippen molar-refractivity contribution in [1.82, 2.24) is 0 Å². The Morgan fingerprint density at radius 1 is 0.587 bits per heavy atom. The maximum atomic E-state index is 3.06. The Balaban J connectivity index is 0.000000409. The van der Waals surface area contributed by atoms with Crippen molar-refractivity contribution in [3.05, 3.63) is 158 Å². The van der Waals surface area contributed by atoms with Crippen molar-refractivity contribution in [1.29, 1.82) is 0 Å². The van der Waals surface area contributed by atoms with Gasteiger partial charge >= 0.3 is 30.2 Å². The third kappa shape index (κ3) is 8.78. The van der Waals surface area contributed by atoms with E-state index in [1.165, 1.54) is 100 Å². The first-order valence-electron chi connectivity index (χ1n) is 14.6. The molecular weight excluding hydrogens is 695 g/mol. The fraction of sp³-hybridized carbons (Fsp3) is 0.143. The molecule has 0 aliphatic heterocycles. The number of fused-ring (bicyclic) bond motifs is 3. The molecule has 7 aromatic carbocycles. The predicted molar refractivity (Wildman–Crippen MR) is 209 cm³/mol. The van der Waals surface area contributed by atoms with E-state index >= 15 is 0 Å². The summed E-state index contributed by atoms with van der Waals surface area (Å²) in [6, 6.07) is 44.3. The van der Waals surface area contributed by atoms with Crippen LogP contribution >= 0.6 is 24.8 Å². The van der Waals surface area contributed by atoms with Gasteiger partial charge in [0.25, 0.3) is 0 Å². The molecule has 238 valence electrons. The average molecular weight is 739 g/mol. The molecule has 0 nitrogen and oxygen atoms in total. The number of hydrogen-bond donors (Lipinski definition) is 0. The monoisotopic (exact) mass is 736 g/mol. The Morgan fingerprint density at radius 2 is 1.20 bits per heavy atom. The van der Waals surface area contributed by atoms with Gasteiger partial charge in [0.2, 0.25) is 0 Å². The summed E-state index contributed by atoms with van der Waals surface area (Å²) >= 11 is 1.36. The van der Waals surface area contributed by atoms with E-state index in [0.717, 1.165) is 0 Å². The number of benzene rings is 5. The summed E-state index contributed by atoms with van der Waals surface area (Å²) in [4.78, 5) is 0. The van der Waals surface area contributed by atoms with E-state index in [0.29, 0.717) is 5.92 Å². The predicted octanol–water partition coefficient (Wildman–Crippen LogP) is 13.0. The van der Waals surface area contributed by atoms with Gasteiger partial charge in [-0.25, -0.2) is 0 Å². The quantitative estimate of drug-likeness (QED) is 0.125. The fourth-order valence-electron chi connectivity index (χ4n) is 5.86. The molecule has 0 spiro atoms. The van der Waals surface area contributed by atoms with Gasteiger partial charge in [-0.3, -0.25) is 0 Å². The van der Waals surface area contributed by atoms with Crippen LogP contribution in [-0.4, -0.2) is 6.88 Å². The Hall–Kier alpha value is -2.74. The third-order valence-electron chi connectivity index (χ3n) is 8.13. The topological polar surface area (TPSA) is 0 Å². The minimum atomic E-state index is 0. The minimum absolute atomic E-state index is 0. The van der Waals surface area contributed by atoms with E-state index in [9.17, 15) is 0 Å². The van der Waals surface area contributed by atoms with Crippen LogP contribution in [0.3, 0.4) is 0 Å². The molecule has 0 fully saturated rings. The Labute approximate surface area is 306 Å². The molecule has 0 N–H and O–H groups in total. The van der Waals surface area contributed by atoms with E-state index in [2.05, 4.69) is 163 Å². The molecule has 7 aromatic rings. The maximum absolute atomic E-state index is 3.06. The summed E-state index contributed by atoms with van der Waals surface area (Å²) in [7, 11) is 0. The van der Waals surface area contributed by atoms with Crippen LogP contribution in [0, 0.1) is 35.6 Å². The van der Waals surface area contributed by atoms with Crippen LogP contribution in [0.1, 0.15) is 42.0 Å². The van der Waals surface area contributed by atoms with Gasteiger partial charge in [0.05, 0.1) is 0 Å². The summed E-state index contributed by atoms with van der Waals surface area (Å²) in [5.74, 6) is 0.563. The number of rotatable bonds is 3. The molecule has 0 aliphatic carbocycles. The van der Waals surface area contributed by atoms with Gasteiger partial charge in [0, 0.05) is 0 Å². The molecule has 0 atom stereocenters. The van der Waals surface area contributed by atoms with Gasteiger partial charge in [0.1, 0.15) is 0 Å². The molecule has 0 aromatic heterocycles. The zero-order chi connectivity index (χ0) is 29.8. The first kappa shape index (κ1) is 41.3. The van der Waals surface area contributed by atoms with E-state index in [-0.39, 0.29) is 39.7 Å². The van der Waals surface area contributed by atoms with Gasteiger partial charge in [-0.2, -0.15) is 12.1 Å². The van der Waals surface area contributed by atoms with Crippen LogP contribution in [0.5, 0.6) is 0 Å². The van der Waals surface area contributed by atoms with Gasteiger partial charge in [0.15, 0.2) is 0 Å². The van der Waals surface area contributed by atoms with Gasteiger partial charge < -0.3 is 14.9 Å². The Kier molecular flexibility index (Phi) is 16.7. The van der Waals surface area contributed by atoms with Crippen molar-refractivity contribution < 1.29 is 23.3 Å². The van der Waals surface area contributed by atoms with E-state index in [4.69, 9.17) is 0 Å². The molecule has 7 rings (SSSR count). The van der Waals surface area contributed by atoms with Crippen molar-refractivity contribution in [2.45, 2.75) is 40.5 Å². The second kappa shape index (κ2) is 18.6. The van der Waals surface area contributed by atoms with Crippen molar-refractivity contribution >= 4 is 64.0 Å². The molecule has 0 amide bonds. The van der Waals surface area contributed by atoms with Crippen molar-refractivity contribution in [2.24, 2.45) is 0 Å². The number of aryl methyl sites for hydroxylation is 3. The summed E-state index contributed by atoms with van der Waals surface area (Å²) in [5.41, 5.74) is 10.7. The van der Waals surface area contributed by atoms with Crippen LogP contribution in [0.4, 0.5) is 0 Å². The van der Waals surface area contributed by atoms with Gasteiger partial charge in [-0.1, -0.05) is 123 Å². The molecule has 4 heteroatoms. The van der Waals surface area contributed by atoms with Crippen molar-refractivity contribution in [3.63, 3.8) is 0 Å². The normalized spacial score (nSPS) is 9.93. The first-order valence-corrected chi connectivity index (χ1v) is 18.7. The average Bonchev–Trinajstić information content (AvgIpc) is 3.64. The van der Waals surface area contributed by atoms with Crippen LogP contribution in [0.2, 0.25) is 0 Å². The van der Waals surface area contributed by atoms with E-state index < -0.39 is 0 Å². The number of halogens is 2. The Bertz CT molecular complexity index is 1970. The molecular formula is C42H44Cl2SiZr-4. The standard InChI is InChI=1S/C22H19.C18H17.2CH3.2ClH.Si.Zr/c1-15(2)18-13-17-9-6-12-21(22(17)14-18)20-11-5-8-16-7-3-4-10-19(16)20;1-12-4-7-15(8-5-12)16-9-6-14(3)17-10-13(2)11-18(16)17;;;;;;/h3-15H,1-2H3;4-11H,1-3H3;2*1H3;2*1H;;/q4*-1;;;;. The van der Waals surface area contributed by atoms with Crippen LogP contribution in [0.25, 0.3) is 54.6 Å². The molecule has 0 heterocycles. The molecule has 2 radical (unpaired) electrons. The molecule has 0 aliphatic rings. The molecule has 0 bridgehead atoms. The Morgan fingerprint density at radius 3 is 1.87 bits per heavy atom. The van der Waals surface area contributed by atoms with Crippen LogP contribution in [0.15, 0.2) is 121 Å². The third-order valence-corrected chi connectivity index (χ3v) is 8.13. The summed E-state index contributed by atoms with van der Waals surface area (Å²) < 4.78 is 0. The first-order chi connectivity index (χ1) is 20.4. The summed E-state index contributed by atoms with van der Waals surface area (Å²) in [5, 5.41) is 8.08. The van der Waals surface area contributed by atoms with Crippen molar-refractivity contribution in [2.75, 3.05) is 0 Å². The van der Waals surface area contributed by atoms with Gasteiger partial charge in [-0.15, -0.1) is 93.4 Å². The molecule has 0 saturated heterocycles. The van der Waals surface area contributed by atoms with Crippen LogP contribution < -0.4 is 0 Å². The molecule has 0 unspecified atom stereocenters. The number of hydrogen-bond acceptors (Lipinski definition) is 0. The second-order valence-corrected chi connectivity index (χ2v) is 11.4. The zero-order valence-electron chi connectivity index (χ0n) is 27.9. The summed E-state index contributed by atoms with van der Waals surface area (Å²) in [6.07, 6.45) is 0. The van der Waals surface area contributed by atoms with Crippen molar-refractivity contribution in [3.8, 4) is 22.3 Å². The second-order valence-electron chi connectivity index (χ2n) is 11.4.